The summed E-state index contributed by atoms with van der Waals surface area (Å²) in [6, 6.07) is 0. The summed E-state index contributed by atoms with van der Waals surface area (Å²) in [6.45, 7) is 0.130. The number of hydrogen-bond acceptors (Lipinski definition) is 3. The number of aromatic hydroxyl groups is 1. The largest absolute Gasteiger partial charge is 0.493 e. The zero-order valence-corrected chi connectivity index (χ0v) is 4.64. The van der Waals surface area contributed by atoms with Crippen LogP contribution < -0.4 is 11.4 Å². The summed E-state index contributed by atoms with van der Waals surface area (Å²) in [5.41, 5.74) is 5.01. The molecule has 0 aromatic carbocycles. The highest BCUT2D eigenvalue weighted by Gasteiger charge is 2.00. The minimum absolute atomic E-state index is 0.130. The van der Waals surface area contributed by atoms with E-state index in [-0.39, 0.29) is 12.4 Å². The minimum Gasteiger partial charge on any atom is -0.493 e. The van der Waals surface area contributed by atoms with Crippen molar-refractivity contribution in [1.29, 1.82) is 0 Å². The molecular weight excluding hydrogens is 122 g/mol. The Morgan fingerprint density at radius 1 is 1.56 bits per heavy atom. The van der Waals surface area contributed by atoms with E-state index in [1.54, 1.807) is 0 Å². The van der Waals surface area contributed by atoms with Crippen LogP contribution in [-0.2, 0) is 6.54 Å². The van der Waals surface area contributed by atoms with Crippen LogP contribution in [0.1, 0.15) is 5.69 Å². The Hall–Kier alpha value is -1.23. The molecule has 1 aromatic rings. The van der Waals surface area contributed by atoms with Gasteiger partial charge in [-0.1, -0.05) is 0 Å². The molecule has 0 radical (unpaired) electrons. The average Bonchev–Trinajstić information content (AvgIpc) is 2.10. The van der Waals surface area contributed by atoms with Gasteiger partial charge in [-0.25, -0.2) is 4.79 Å². The van der Waals surface area contributed by atoms with Crippen LogP contribution in [0, 0.1) is 0 Å². The molecule has 1 aromatic heterocycles. The maximum atomic E-state index is 10.3. The van der Waals surface area contributed by atoms with Crippen LogP contribution in [-0.4, -0.2) is 15.1 Å². The number of imidazole rings is 1. The average molecular weight is 129 g/mol. The fourth-order valence-corrected chi connectivity index (χ4v) is 0.558. The summed E-state index contributed by atoms with van der Waals surface area (Å²) in [7, 11) is 0. The summed E-state index contributed by atoms with van der Waals surface area (Å²) >= 11 is 0. The van der Waals surface area contributed by atoms with Crippen LogP contribution in [0.25, 0.3) is 0 Å². The number of rotatable bonds is 1. The number of aromatic amines is 2. The predicted molar refractivity (Wildman–Crippen MR) is 31.0 cm³/mol. The normalized spacial score (nSPS) is 9.89. The zero-order chi connectivity index (χ0) is 6.85. The molecule has 1 rings (SSSR count). The summed E-state index contributed by atoms with van der Waals surface area (Å²) in [5, 5.41) is 8.76. The fourth-order valence-electron chi connectivity index (χ4n) is 0.558. The van der Waals surface area contributed by atoms with Crippen molar-refractivity contribution in [3.8, 4) is 5.88 Å². The number of nitrogens with two attached hydrogens (primary N) is 1. The monoisotopic (exact) mass is 129 g/mol. The first-order valence-corrected chi connectivity index (χ1v) is 2.44. The molecule has 50 valence electrons. The maximum Gasteiger partial charge on any atom is 0.326 e. The topological polar surface area (TPSA) is 94.9 Å². The van der Waals surface area contributed by atoms with Crippen molar-refractivity contribution in [2.45, 2.75) is 6.54 Å². The highest BCUT2D eigenvalue weighted by Crippen LogP contribution is 2.03. The minimum atomic E-state index is -0.437. The molecule has 0 aliphatic carbocycles. The van der Waals surface area contributed by atoms with Crippen LogP contribution in [0.4, 0.5) is 0 Å². The van der Waals surface area contributed by atoms with Crippen LogP contribution in [0.15, 0.2) is 4.79 Å². The Morgan fingerprint density at radius 2 is 2.22 bits per heavy atom. The summed E-state index contributed by atoms with van der Waals surface area (Å²) in [4.78, 5) is 14.8. The third kappa shape index (κ3) is 0.945. The van der Waals surface area contributed by atoms with E-state index in [0.717, 1.165) is 0 Å². The molecule has 5 N–H and O–H groups in total. The molecule has 1 heterocycles. The van der Waals surface area contributed by atoms with Crippen LogP contribution in [0.2, 0.25) is 0 Å². The second-order valence-electron chi connectivity index (χ2n) is 1.61. The third-order valence-electron chi connectivity index (χ3n) is 0.986. The Morgan fingerprint density at radius 3 is 2.44 bits per heavy atom. The van der Waals surface area contributed by atoms with E-state index in [4.69, 9.17) is 10.8 Å². The quantitative estimate of drug-likeness (QED) is 0.386. The smallest absolute Gasteiger partial charge is 0.326 e. The van der Waals surface area contributed by atoms with E-state index < -0.39 is 5.69 Å². The lowest BCUT2D eigenvalue weighted by molar-refractivity contribution is 0.449. The van der Waals surface area contributed by atoms with Gasteiger partial charge < -0.3 is 15.8 Å². The first-order valence-electron chi connectivity index (χ1n) is 2.44. The Bertz CT molecular complexity index is 249. The highest BCUT2D eigenvalue weighted by molar-refractivity contribution is 5.14. The lowest BCUT2D eigenvalue weighted by Crippen LogP contribution is -2.03. The Balaban J connectivity index is 3.16. The number of H-pyrrole nitrogens is 2. The first kappa shape index (κ1) is 5.90. The number of nitrogens with one attached hydrogen (secondary N) is 2. The Kier molecular flexibility index (Phi) is 1.27. The van der Waals surface area contributed by atoms with E-state index >= 15 is 0 Å². The molecule has 0 aliphatic heterocycles. The van der Waals surface area contributed by atoms with Crippen molar-refractivity contribution in [2.75, 3.05) is 0 Å². The van der Waals surface area contributed by atoms with E-state index in [2.05, 4.69) is 9.97 Å². The molecule has 0 aliphatic rings. The molecule has 0 saturated carbocycles. The van der Waals surface area contributed by atoms with Gasteiger partial charge in [-0.15, -0.1) is 0 Å². The summed E-state index contributed by atoms with van der Waals surface area (Å²) in [5.74, 6) is -0.178. The number of hydrogen-bond donors (Lipinski definition) is 4. The molecular formula is C4H7N3O2. The third-order valence-corrected chi connectivity index (χ3v) is 0.986. The lowest BCUT2D eigenvalue weighted by Gasteiger charge is -1.86. The van der Waals surface area contributed by atoms with Gasteiger partial charge in [-0.05, 0) is 0 Å². The predicted octanol–water partition coefficient (Wildman–Crippen LogP) is -1.13. The second kappa shape index (κ2) is 1.94. The van der Waals surface area contributed by atoms with Gasteiger partial charge in [-0.2, -0.15) is 0 Å². The van der Waals surface area contributed by atoms with Crippen LogP contribution in [0.3, 0.4) is 0 Å². The highest BCUT2D eigenvalue weighted by atomic mass is 16.3. The number of aromatic nitrogens is 2. The molecule has 0 bridgehead atoms. The van der Waals surface area contributed by atoms with Crippen molar-refractivity contribution in [1.82, 2.24) is 9.97 Å². The van der Waals surface area contributed by atoms with E-state index in [1.165, 1.54) is 0 Å². The molecule has 0 spiro atoms. The molecule has 0 unspecified atom stereocenters. The second-order valence-corrected chi connectivity index (χ2v) is 1.61. The van der Waals surface area contributed by atoms with Gasteiger partial charge in [0, 0.05) is 6.54 Å². The fraction of sp³-hybridized carbons (Fsp3) is 0.250. The SMILES string of the molecule is NCc1[nH]c(=O)[nH]c1O. The van der Waals surface area contributed by atoms with Gasteiger partial charge in [-0.3, -0.25) is 4.98 Å². The Labute approximate surface area is 50.5 Å². The van der Waals surface area contributed by atoms with Crippen molar-refractivity contribution in [3.05, 3.63) is 16.2 Å². The molecule has 0 saturated heterocycles. The van der Waals surface area contributed by atoms with E-state index in [0.29, 0.717) is 5.69 Å². The van der Waals surface area contributed by atoms with Crippen molar-refractivity contribution in [3.63, 3.8) is 0 Å². The van der Waals surface area contributed by atoms with Gasteiger partial charge in [0.2, 0.25) is 5.88 Å². The molecule has 0 atom stereocenters. The molecule has 5 nitrogen and oxygen atoms in total. The van der Waals surface area contributed by atoms with Gasteiger partial charge in [0.15, 0.2) is 0 Å². The molecule has 5 heteroatoms. The zero-order valence-electron chi connectivity index (χ0n) is 4.64. The van der Waals surface area contributed by atoms with Crippen LogP contribution >= 0.6 is 0 Å². The van der Waals surface area contributed by atoms with Crippen molar-refractivity contribution < 1.29 is 5.11 Å². The van der Waals surface area contributed by atoms with Gasteiger partial charge >= 0.3 is 5.69 Å². The standard InChI is InChI=1S/C4H7N3O2/c5-1-2-3(8)7-4(9)6-2/h8H,1,5H2,(H2,6,7,9). The van der Waals surface area contributed by atoms with E-state index in [9.17, 15) is 4.79 Å². The lowest BCUT2D eigenvalue weighted by atomic mass is 10.5. The molecule has 0 fully saturated rings. The van der Waals surface area contributed by atoms with E-state index in [1.807, 2.05) is 0 Å². The van der Waals surface area contributed by atoms with Gasteiger partial charge in [0.05, 0.1) is 5.69 Å². The maximum absolute atomic E-state index is 10.3. The summed E-state index contributed by atoms with van der Waals surface area (Å²) < 4.78 is 0. The van der Waals surface area contributed by atoms with Crippen molar-refractivity contribution >= 4 is 0 Å². The van der Waals surface area contributed by atoms with Gasteiger partial charge in [0.25, 0.3) is 0 Å². The van der Waals surface area contributed by atoms with Gasteiger partial charge in [0.1, 0.15) is 0 Å². The molecule has 0 amide bonds. The van der Waals surface area contributed by atoms with Crippen molar-refractivity contribution in [2.24, 2.45) is 5.73 Å². The summed E-state index contributed by atoms with van der Waals surface area (Å²) in [6.07, 6.45) is 0. The van der Waals surface area contributed by atoms with Crippen LogP contribution in [0.5, 0.6) is 5.88 Å². The first-order chi connectivity index (χ1) is 4.24. The molecule has 9 heavy (non-hydrogen) atoms.